The number of thiophene rings is 1. The molecule has 10 heavy (non-hydrogen) atoms. The van der Waals surface area contributed by atoms with E-state index in [2.05, 4.69) is 26.0 Å². The number of thioether (sulfide) groups is 1. The quantitative estimate of drug-likeness (QED) is 0.628. The van der Waals surface area contributed by atoms with Crippen LogP contribution in [0.15, 0.2) is 16.3 Å². The number of aryl methyl sites for hydroxylation is 1. The second kappa shape index (κ2) is 4.04. The van der Waals surface area contributed by atoms with Crippen molar-refractivity contribution in [1.82, 2.24) is 0 Å². The van der Waals surface area contributed by atoms with Gasteiger partial charge in [0, 0.05) is 4.88 Å². The third kappa shape index (κ3) is 2.35. The fraction of sp³-hybridized carbons (Fsp3) is 0.500. The molecular weight excluding hydrogens is 160 g/mol. The molecule has 0 saturated heterocycles. The molecule has 0 aliphatic heterocycles. The first kappa shape index (κ1) is 8.15. The molecule has 0 spiro atoms. The number of hydrogen-bond donors (Lipinski definition) is 0. The highest BCUT2D eigenvalue weighted by atomic mass is 32.2. The van der Waals surface area contributed by atoms with E-state index in [4.69, 9.17) is 0 Å². The molecular formula is C8H12S2. The van der Waals surface area contributed by atoms with Crippen LogP contribution in [0.5, 0.6) is 0 Å². The lowest BCUT2D eigenvalue weighted by Gasteiger charge is -1.91. The zero-order chi connectivity index (χ0) is 7.40. The Kier molecular flexibility index (Phi) is 3.29. The van der Waals surface area contributed by atoms with E-state index in [0.29, 0.717) is 0 Å². The van der Waals surface area contributed by atoms with Gasteiger partial charge in [0.2, 0.25) is 0 Å². The van der Waals surface area contributed by atoms with Crippen LogP contribution in [0.1, 0.15) is 18.2 Å². The van der Waals surface area contributed by atoms with Crippen molar-refractivity contribution < 1.29 is 0 Å². The maximum atomic E-state index is 2.22. The first-order chi connectivity index (χ1) is 4.83. The molecule has 0 aromatic carbocycles. The summed E-state index contributed by atoms with van der Waals surface area (Å²) in [4.78, 5) is 1.42. The van der Waals surface area contributed by atoms with Crippen LogP contribution in [0.2, 0.25) is 0 Å². The highest BCUT2D eigenvalue weighted by molar-refractivity contribution is 8.01. The van der Waals surface area contributed by atoms with Crippen LogP contribution < -0.4 is 0 Å². The van der Waals surface area contributed by atoms with Crippen molar-refractivity contribution in [3.63, 3.8) is 0 Å². The average molecular weight is 172 g/mol. The summed E-state index contributed by atoms with van der Waals surface area (Å²) >= 11 is 3.85. The third-order valence-electron chi connectivity index (χ3n) is 1.16. The van der Waals surface area contributed by atoms with E-state index in [9.17, 15) is 0 Å². The molecule has 2 heteroatoms. The summed E-state index contributed by atoms with van der Waals surface area (Å²) in [5.74, 6) is 1.25. The van der Waals surface area contributed by atoms with Crippen LogP contribution in [-0.2, 0) is 0 Å². The Labute approximate surface area is 70.7 Å². The van der Waals surface area contributed by atoms with Crippen LogP contribution >= 0.6 is 23.1 Å². The third-order valence-corrected chi connectivity index (χ3v) is 3.60. The predicted octanol–water partition coefficient (Wildman–Crippen LogP) is 3.56. The van der Waals surface area contributed by atoms with Crippen LogP contribution in [0, 0.1) is 6.92 Å². The molecule has 0 radical (unpaired) electrons. The fourth-order valence-electron chi connectivity index (χ4n) is 0.692. The summed E-state index contributed by atoms with van der Waals surface area (Å²) < 4.78 is 1.46. The molecule has 0 aliphatic rings. The van der Waals surface area contributed by atoms with Crippen molar-refractivity contribution >= 4 is 23.1 Å². The largest absolute Gasteiger partial charge is 0.134 e. The molecule has 0 unspecified atom stereocenters. The lowest BCUT2D eigenvalue weighted by atomic mass is 10.5. The Bertz CT molecular complexity index is 191. The van der Waals surface area contributed by atoms with E-state index >= 15 is 0 Å². The first-order valence-corrected chi connectivity index (χ1v) is 5.32. The predicted molar refractivity (Wildman–Crippen MR) is 50.1 cm³/mol. The van der Waals surface area contributed by atoms with Gasteiger partial charge in [0.05, 0.1) is 4.21 Å². The minimum Gasteiger partial charge on any atom is -0.134 e. The van der Waals surface area contributed by atoms with Crippen molar-refractivity contribution in [1.29, 1.82) is 0 Å². The van der Waals surface area contributed by atoms with Gasteiger partial charge in [-0.15, -0.1) is 23.1 Å². The Morgan fingerprint density at radius 1 is 1.50 bits per heavy atom. The molecule has 1 aromatic heterocycles. The Morgan fingerprint density at radius 2 is 2.30 bits per heavy atom. The van der Waals surface area contributed by atoms with Crippen LogP contribution in [0.4, 0.5) is 0 Å². The van der Waals surface area contributed by atoms with Gasteiger partial charge in [-0.2, -0.15) is 0 Å². The van der Waals surface area contributed by atoms with E-state index in [1.807, 2.05) is 23.1 Å². The van der Waals surface area contributed by atoms with Crippen LogP contribution in [-0.4, -0.2) is 5.75 Å². The molecule has 1 heterocycles. The molecule has 0 amide bonds. The van der Waals surface area contributed by atoms with E-state index in [0.717, 1.165) is 0 Å². The molecule has 0 nitrogen and oxygen atoms in total. The maximum Gasteiger partial charge on any atom is 0.0601 e. The second-order valence-electron chi connectivity index (χ2n) is 2.21. The Hall–Kier alpha value is 0.0500. The van der Waals surface area contributed by atoms with Gasteiger partial charge in [0.25, 0.3) is 0 Å². The summed E-state index contributed by atoms with van der Waals surface area (Å²) in [5, 5.41) is 0. The Balaban J connectivity index is 2.42. The summed E-state index contributed by atoms with van der Waals surface area (Å²) in [6.45, 7) is 4.37. The lowest BCUT2D eigenvalue weighted by Crippen LogP contribution is -1.68. The van der Waals surface area contributed by atoms with Crippen molar-refractivity contribution in [2.24, 2.45) is 0 Å². The Morgan fingerprint density at radius 3 is 2.80 bits per heavy atom. The molecule has 1 rings (SSSR count). The minimum atomic E-state index is 1.25. The first-order valence-electron chi connectivity index (χ1n) is 3.52. The van der Waals surface area contributed by atoms with Crippen molar-refractivity contribution in [2.75, 3.05) is 5.75 Å². The topological polar surface area (TPSA) is 0 Å². The van der Waals surface area contributed by atoms with E-state index in [-0.39, 0.29) is 0 Å². The van der Waals surface area contributed by atoms with Crippen LogP contribution in [0.3, 0.4) is 0 Å². The van der Waals surface area contributed by atoms with Crippen LogP contribution in [0.25, 0.3) is 0 Å². The van der Waals surface area contributed by atoms with Gasteiger partial charge in [-0.25, -0.2) is 0 Å². The van der Waals surface area contributed by atoms with Crippen molar-refractivity contribution in [3.05, 3.63) is 17.0 Å². The van der Waals surface area contributed by atoms with Gasteiger partial charge in [-0.05, 0) is 31.2 Å². The minimum absolute atomic E-state index is 1.25. The average Bonchev–Trinajstić information content (AvgIpc) is 2.31. The molecule has 0 fully saturated rings. The monoisotopic (exact) mass is 172 g/mol. The standard InChI is InChI=1S/C8H12S2/c1-3-6-9-8-5-4-7(2)10-8/h4-5H,3,6H2,1-2H3. The zero-order valence-corrected chi connectivity index (χ0v) is 8.02. The summed E-state index contributed by atoms with van der Waals surface area (Å²) in [5.41, 5.74) is 0. The number of rotatable bonds is 3. The maximum absolute atomic E-state index is 2.22. The normalized spacial score (nSPS) is 10.2. The van der Waals surface area contributed by atoms with E-state index < -0.39 is 0 Å². The molecule has 1 aromatic rings. The molecule has 0 N–H and O–H groups in total. The molecule has 0 bridgehead atoms. The number of hydrogen-bond acceptors (Lipinski definition) is 2. The SMILES string of the molecule is CCCSc1ccc(C)s1. The lowest BCUT2D eigenvalue weighted by molar-refractivity contribution is 1.11. The van der Waals surface area contributed by atoms with Gasteiger partial charge >= 0.3 is 0 Å². The second-order valence-corrected chi connectivity index (χ2v) is 4.90. The van der Waals surface area contributed by atoms with Crippen molar-refractivity contribution in [3.8, 4) is 0 Å². The van der Waals surface area contributed by atoms with Gasteiger partial charge < -0.3 is 0 Å². The molecule has 0 saturated carbocycles. The van der Waals surface area contributed by atoms with E-state index in [1.54, 1.807) is 0 Å². The summed E-state index contributed by atoms with van der Waals surface area (Å²) in [6.07, 6.45) is 1.27. The molecule has 56 valence electrons. The van der Waals surface area contributed by atoms with Gasteiger partial charge in [-0.3, -0.25) is 0 Å². The van der Waals surface area contributed by atoms with Gasteiger partial charge in [0.15, 0.2) is 0 Å². The summed E-state index contributed by atoms with van der Waals surface area (Å²) in [7, 11) is 0. The zero-order valence-electron chi connectivity index (χ0n) is 6.39. The highest BCUT2D eigenvalue weighted by Crippen LogP contribution is 2.26. The van der Waals surface area contributed by atoms with Gasteiger partial charge in [0.1, 0.15) is 0 Å². The van der Waals surface area contributed by atoms with Gasteiger partial charge in [-0.1, -0.05) is 6.92 Å². The van der Waals surface area contributed by atoms with E-state index in [1.165, 1.54) is 21.3 Å². The molecule has 0 aliphatic carbocycles. The van der Waals surface area contributed by atoms with Crippen molar-refractivity contribution in [2.45, 2.75) is 24.5 Å². The smallest absolute Gasteiger partial charge is 0.0601 e. The molecule has 0 atom stereocenters. The fourth-order valence-corrected chi connectivity index (χ4v) is 2.73. The summed E-state index contributed by atoms with van der Waals surface area (Å²) in [6, 6.07) is 4.39. The highest BCUT2D eigenvalue weighted by Gasteiger charge is 1.94.